The van der Waals surface area contributed by atoms with Crippen LogP contribution in [0.2, 0.25) is 0 Å². The van der Waals surface area contributed by atoms with Gasteiger partial charge in [-0.1, -0.05) is 6.92 Å². The van der Waals surface area contributed by atoms with Crippen molar-refractivity contribution in [1.29, 1.82) is 0 Å². The number of benzene rings is 1. The van der Waals surface area contributed by atoms with Gasteiger partial charge in [-0.05, 0) is 36.6 Å². The summed E-state index contributed by atoms with van der Waals surface area (Å²) in [5.74, 6) is -0.902. The second kappa shape index (κ2) is 4.82. The SMILES string of the molecule is CCc1cc(C(=O)O)cc2c(C)cn(CCO)c12. The summed E-state index contributed by atoms with van der Waals surface area (Å²) in [4.78, 5) is 11.1. The topological polar surface area (TPSA) is 62.5 Å². The average Bonchev–Trinajstić information content (AvgIpc) is 2.66. The van der Waals surface area contributed by atoms with Crippen molar-refractivity contribution in [3.05, 3.63) is 35.0 Å². The van der Waals surface area contributed by atoms with Gasteiger partial charge in [0, 0.05) is 18.1 Å². The van der Waals surface area contributed by atoms with E-state index < -0.39 is 5.97 Å². The first-order chi connectivity index (χ1) is 8.58. The highest BCUT2D eigenvalue weighted by molar-refractivity contribution is 5.96. The molecule has 0 spiro atoms. The Hall–Kier alpha value is -1.81. The fraction of sp³-hybridized carbons (Fsp3) is 0.357. The van der Waals surface area contributed by atoms with Gasteiger partial charge in [0.1, 0.15) is 0 Å². The molecule has 2 aromatic rings. The van der Waals surface area contributed by atoms with Crippen LogP contribution in [0.1, 0.15) is 28.4 Å². The van der Waals surface area contributed by atoms with Gasteiger partial charge in [-0.3, -0.25) is 0 Å². The van der Waals surface area contributed by atoms with Crippen LogP contribution in [0.4, 0.5) is 0 Å². The van der Waals surface area contributed by atoms with Crippen LogP contribution in [0.5, 0.6) is 0 Å². The van der Waals surface area contributed by atoms with Crippen LogP contribution >= 0.6 is 0 Å². The number of aliphatic hydroxyl groups excluding tert-OH is 1. The van der Waals surface area contributed by atoms with E-state index in [1.165, 1.54) is 0 Å². The van der Waals surface area contributed by atoms with Gasteiger partial charge in [0.05, 0.1) is 17.7 Å². The highest BCUT2D eigenvalue weighted by atomic mass is 16.4. The first kappa shape index (κ1) is 12.6. The van der Waals surface area contributed by atoms with Gasteiger partial charge in [0.2, 0.25) is 0 Å². The van der Waals surface area contributed by atoms with Crippen molar-refractivity contribution in [1.82, 2.24) is 4.57 Å². The van der Waals surface area contributed by atoms with Crippen LogP contribution in [0.15, 0.2) is 18.3 Å². The summed E-state index contributed by atoms with van der Waals surface area (Å²) >= 11 is 0. The van der Waals surface area contributed by atoms with Gasteiger partial charge in [-0.25, -0.2) is 4.79 Å². The van der Waals surface area contributed by atoms with Crippen LogP contribution in [0.25, 0.3) is 10.9 Å². The molecule has 18 heavy (non-hydrogen) atoms. The molecule has 4 nitrogen and oxygen atoms in total. The van der Waals surface area contributed by atoms with E-state index in [4.69, 9.17) is 10.2 Å². The van der Waals surface area contributed by atoms with Crippen LogP contribution in [-0.2, 0) is 13.0 Å². The Morgan fingerprint density at radius 2 is 2.11 bits per heavy atom. The molecular weight excluding hydrogens is 230 g/mol. The Morgan fingerprint density at radius 3 is 2.67 bits per heavy atom. The normalized spacial score (nSPS) is 11.1. The zero-order chi connectivity index (χ0) is 13.3. The number of fused-ring (bicyclic) bond motifs is 1. The van der Waals surface area contributed by atoms with E-state index in [1.807, 2.05) is 24.6 Å². The van der Waals surface area contributed by atoms with Crippen molar-refractivity contribution >= 4 is 16.9 Å². The quantitative estimate of drug-likeness (QED) is 0.870. The number of rotatable bonds is 4. The van der Waals surface area contributed by atoms with Gasteiger partial charge in [-0.15, -0.1) is 0 Å². The second-order valence-electron chi connectivity index (χ2n) is 4.42. The highest BCUT2D eigenvalue weighted by Crippen LogP contribution is 2.26. The lowest BCUT2D eigenvalue weighted by Gasteiger charge is -2.08. The molecule has 2 N–H and O–H groups in total. The van der Waals surface area contributed by atoms with E-state index in [0.717, 1.165) is 28.5 Å². The van der Waals surface area contributed by atoms with Gasteiger partial charge in [-0.2, -0.15) is 0 Å². The summed E-state index contributed by atoms with van der Waals surface area (Å²) in [6.07, 6.45) is 2.73. The monoisotopic (exact) mass is 247 g/mol. The third-order valence-corrected chi connectivity index (χ3v) is 3.22. The Balaban J connectivity index is 2.76. The molecule has 1 heterocycles. The number of aryl methyl sites for hydroxylation is 2. The van der Waals surface area contributed by atoms with E-state index in [2.05, 4.69) is 0 Å². The number of aromatic nitrogens is 1. The zero-order valence-electron chi connectivity index (χ0n) is 10.6. The molecule has 1 aromatic carbocycles. The lowest BCUT2D eigenvalue weighted by Crippen LogP contribution is -2.03. The molecule has 1 aromatic heterocycles. The summed E-state index contributed by atoms with van der Waals surface area (Å²) in [5.41, 5.74) is 3.40. The first-order valence-electron chi connectivity index (χ1n) is 6.05. The number of aliphatic hydroxyl groups is 1. The number of hydrogen-bond donors (Lipinski definition) is 2. The molecule has 96 valence electrons. The van der Waals surface area contributed by atoms with Crippen LogP contribution in [-0.4, -0.2) is 27.4 Å². The molecule has 0 amide bonds. The van der Waals surface area contributed by atoms with E-state index in [0.29, 0.717) is 12.1 Å². The summed E-state index contributed by atoms with van der Waals surface area (Å²) in [6, 6.07) is 3.43. The number of carbonyl (C=O) groups is 1. The number of carboxylic acids is 1. The van der Waals surface area contributed by atoms with Crippen molar-refractivity contribution in [2.45, 2.75) is 26.8 Å². The fourth-order valence-electron chi connectivity index (χ4n) is 2.38. The predicted molar refractivity (Wildman–Crippen MR) is 70.1 cm³/mol. The second-order valence-corrected chi connectivity index (χ2v) is 4.42. The molecule has 0 saturated carbocycles. The minimum Gasteiger partial charge on any atom is -0.478 e. The van der Waals surface area contributed by atoms with Crippen LogP contribution < -0.4 is 0 Å². The van der Waals surface area contributed by atoms with E-state index >= 15 is 0 Å². The zero-order valence-corrected chi connectivity index (χ0v) is 10.6. The minimum atomic E-state index is -0.902. The van der Waals surface area contributed by atoms with E-state index in [1.54, 1.807) is 12.1 Å². The van der Waals surface area contributed by atoms with Gasteiger partial charge >= 0.3 is 5.97 Å². The van der Waals surface area contributed by atoms with Gasteiger partial charge in [0.25, 0.3) is 0 Å². The molecule has 0 aliphatic heterocycles. The summed E-state index contributed by atoms with van der Waals surface area (Å²) in [6.45, 7) is 4.57. The van der Waals surface area contributed by atoms with Crippen LogP contribution in [0, 0.1) is 6.92 Å². The molecule has 0 aliphatic rings. The maximum Gasteiger partial charge on any atom is 0.335 e. The number of nitrogens with zero attached hydrogens (tertiary/aromatic N) is 1. The van der Waals surface area contributed by atoms with Gasteiger partial charge < -0.3 is 14.8 Å². The maximum absolute atomic E-state index is 11.1. The average molecular weight is 247 g/mol. The lowest BCUT2D eigenvalue weighted by atomic mass is 10.0. The Morgan fingerprint density at radius 1 is 1.39 bits per heavy atom. The Labute approximate surface area is 105 Å². The maximum atomic E-state index is 11.1. The Kier molecular flexibility index (Phi) is 3.39. The molecule has 4 heteroatoms. The molecule has 0 aliphatic carbocycles. The molecule has 0 radical (unpaired) electrons. The molecule has 0 atom stereocenters. The van der Waals surface area contributed by atoms with Crippen molar-refractivity contribution in [3.63, 3.8) is 0 Å². The molecule has 0 fully saturated rings. The van der Waals surface area contributed by atoms with Crippen LogP contribution in [0.3, 0.4) is 0 Å². The molecule has 0 bridgehead atoms. The predicted octanol–water partition coefficient (Wildman–Crippen LogP) is 2.20. The van der Waals surface area contributed by atoms with E-state index in [-0.39, 0.29) is 6.61 Å². The number of aromatic carboxylic acids is 1. The van der Waals surface area contributed by atoms with Crippen molar-refractivity contribution in [2.75, 3.05) is 6.61 Å². The summed E-state index contributed by atoms with van der Waals surface area (Å²) < 4.78 is 2.00. The summed E-state index contributed by atoms with van der Waals surface area (Å²) in [5, 5.41) is 19.2. The molecule has 0 unspecified atom stereocenters. The Bertz CT molecular complexity index is 599. The van der Waals surface area contributed by atoms with Crippen molar-refractivity contribution in [2.24, 2.45) is 0 Å². The fourth-order valence-corrected chi connectivity index (χ4v) is 2.38. The smallest absolute Gasteiger partial charge is 0.335 e. The van der Waals surface area contributed by atoms with Gasteiger partial charge in [0.15, 0.2) is 0 Å². The third-order valence-electron chi connectivity index (χ3n) is 3.22. The third kappa shape index (κ3) is 1.99. The largest absolute Gasteiger partial charge is 0.478 e. The number of carboxylic acid groups (broad SMARTS) is 1. The molecule has 0 saturated heterocycles. The lowest BCUT2D eigenvalue weighted by molar-refractivity contribution is 0.0697. The molecular formula is C14H17NO3. The first-order valence-corrected chi connectivity index (χ1v) is 6.05. The van der Waals surface area contributed by atoms with Crippen molar-refractivity contribution in [3.8, 4) is 0 Å². The molecule has 2 rings (SSSR count). The van der Waals surface area contributed by atoms with E-state index in [9.17, 15) is 4.79 Å². The van der Waals surface area contributed by atoms with Crippen molar-refractivity contribution < 1.29 is 15.0 Å². The standard InChI is InChI=1S/C14H17NO3/c1-3-10-6-11(14(17)18)7-12-9(2)8-15(4-5-16)13(10)12/h6-8,16H,3-5H2,1-2H3,(H,17,18). The highest BCUT2D eigenvalue weighted by Gasteiger charge is 2.13. The minimum absolute atomic E-state index is 0.0764. The summed E-state index contributed by atoms with van der Waals surface area (Å²) in [7, 11) is 0. The number of hydrogen-bond acceptors (Lipinski definition) is 2.